The van der Waals surface area contributed by atoms with Gasteiger partial charge in [0.2, 0.25) is 0 Å². The van der Waals surface area contributed by atoms with Crippen LogP contribution >= 0.6 is 0 Å². The summed E-state index contributed by atoms with van der Waals surface area (Å²) in [5.41, 5.74) is 20.1. The molecule has 0 saturated carbocycles. The number of nitriles is 4. The van der Waals surface area contributed by atoms with Crippen molar-refractivity contribution in [3.63, 3.8) is 0 Å². The quantitative estimate of drug-likeness (QED) is 0.131. The van der Waals surface area contributed by atoms with E-state index in [4.69, 9.17) is 19.9 Å². The van der Waals surface area contributed by atoms with Crippen LogP contribution in [0.4, 0.5) is 0 Å². The minimum absolute atomic E-state index is 0.498. The maximum atomic E-state index is 9.74. The molecule has 11 aromatic carbocycles. The third-order valence-corrected chi connectivity index (χ3v) is 16.4. The van der Waals surface area contributed by atoms with Crippen LogP contribution in [0.15, 0.2) is 267 Å². The van der Waals surface area contributed by atoms with E-state index in [9.17, 15) is 21.0 Å². The van der Waals surface area contributed by atoms with Gasteiger partial charge in [0.15, 0.2) is 17.5 Å². The number of aromatic nitrogens is 6. The van der Waals surface area contributed by atoms with Gasteiger partial charge in [-0.3, -0.25) is 4.98 Å². The average molecular weight is 1120 g/mol. The molecule has 0 bridgehead atoms. The van der Waals surface area contributed by atoms with E-state index in [0.29, 0.717) is 39.7 Å². The average Bonchev–Trinajstić information content (AvgIpc) is 1.62. The van der Waals surface area contributed by atoms with E-state index in [1.165, 1.54) is 0 Å². The molecule has 88 heavy (non-hydrogen) atoms. The molecule has 15 aromatic rings. The number of pyridine rings is 1. The summed E-state index contributed by atoms with van der Waals surface area (Å²) in [6.45, 7) is 0. The highest BCUT2D eigenvalue weighted by molar-refractivity contribution is 6.14. The fourth-order valence-electron chi connectivity index (χ4n) is 12.0. The summed E-state index contributed by atoms with van der Waals surface area (Å²) in [4.78, 5) is 20.5. The molecule has 0 fully saturated rings. The number of benzene rings is 11. The highest BCUT2D eigenvalue weighted by Crippen LogP contribution is 2.45. The number of nitrogens with zero attached hydrogens (tertiary/aromatic N) is 10. The molecule has 0 N–H and O–H groups in total. The van der Waals surface area contributed by atoms with Crippen molar-refractivity contribution in [2.45, 2.75) is 0 Å². The molecule has 406 valence electrons. The predicted molar refractivity (Wildman–Crippen MR) is 349 cm³/mol. The molecule has 0 spiro atoms. The van der Waals surface area contributed by atoms with E-state index < -0.39 is 0 Å². The summed E-state index contributed by atoms with van der Waals surface area (Å²) >= 11 is 0. The Bertz CT molecular complexity index is 5160. The van der Waals surface area contributed by atoms with E-state index >= 15 is 0 Å². The van der Waals surface area contributed by atoms with Crippen LogP contribution in [-0.4, -0.2) is 29.1 Å². The summed E-state index contributed by atoms with van der Waals surface area (Å²) in [7, 11) is 0. The van der Waals surface area contributed by atoms with Gasteiger partial charge in [-0.05, 0) is 154 Å². The van der Waals surface area contributed by atoms with Crippen molar-refractivity contribution >= 4 is 43.6 Å². The van der Waals surface area contributed by atoms with E-state index in [0.717, 1.165) is 127 Å². The Morgan fingerprint density at radius 3 is 0.932 bits per heavy atom. The van der Waals surface area contributed by atoms with Gasteiger partial charge in [0, 0.05) is 61.8 Å². The monoisotopic (exact) mass is 1120 g/mol. The lowest BCUT2D eigenvalue weighted by Gasteiger charge is -2.19. The molecule has 0 atom stereocenters. The van der Waals surface area contributed by atoms with Crippen molar-refractivity contribution in [2.24, 2.45) is 0 Å². The van der Waals surface area contributed by atoms with Crippen LogP contribution in [0.1, 0.15) is 22.3 Å². The maximum absolute atomic E-state index is 9.74. The second kappa shape index (κ2) is 21.7. The smallest absolute Gasteiger partial charge is 0.164 e. The third kappa shape index (κ3) is 9.22. The molecule has 0 amide bonds. The van der Waals surface area contributed by atoms with Gasteiger partial charge in [-0.1, -0.05) is 146 Å². The number of hydrogen-bond donors (Lipinski definition) is 0. The highest BCUT2D eigenvalue weighted by atomic mass is 15.0. The Morgan fingerprint density at radius 2 is 0.580 bits per heavy atom. The van der Waals surface area contributed by atoms with Crippen molar-refractivity contribution < 1.29 is 0 Å². The molecule has 4 aromatic heterocycles. The Balaban J connectivity index is 1.01. The van der Waals surface area contributed by atoms with E-state index in [1.807, 2.05) is 170 Å². The van der Waals surface area contributed by atoms with Gasteiger partial charge in [0.05, 0.1) is 80.0 Å². The first kappa shape index (κ1) is 52.0. The first-order valence-electron chi connectivity index (χ1n) is 28.6. The molecule has 0 saturated heterocycles. The van der Waals surface area contributed by atoms with E-state index in [1.54, 1.807) is 0 Å². The largest absolute Gasteiger partial charge is 0.309 e. The predicted octanol–water partition coefficient (Wildman–Crippen LogP) is 18.3. The molecule has 10 nitrogen and oxygen atoms in total. The zero-order chi connectivity index (χ0) is 59.2. The van der Waals surface area contributed by atoms with Crippen LogP contribution in [0.5, 0.6) is 0 Å². The molecule has 0 aliphatic heterocycles. The first-order valence-corrected chi connectivity index (χ1v) is 28.6. The maximum Gasteiger partial charge on any atom is 0.164 e. The zero-order valence-corrected chi connectivity index (χ0v) is 46.9. The van der Waals surface area contributed by atoms with Gasteiger partial charge in [0.1, 0.15) is 0 Å². The molecule has 4 heterocycles. The van der Waals surface area contributed by atoms with Gasteiger partial charge >= 0.3 is 0 Å². The summed E-state index contributed by atoms with van der Waals surface area (Å²) in [5.74, 6) is 1.59. The number of rotatable bonds is 10. The normalized spacial score (nSPS) is 11.1. The summed E-state index contributed by atoms with van der Waals surface area (Å²) in [6, 6.07) is 94.5. The zero-order valence-electron chi connectivity index (χ0n) is 46.9. The van der Waals surface area contributed by atoms with E-state index in [2.05, 4.69) is 130 Å². The van der Waals surface area contributed by atoms with Crippen molar-refractivity contribution in [2.75, 3.05) is 0 Å². The second-order valence-electron chi connectivity index (χ2n) is 21.5. The Kier molecular flexibility index (Phi) is 12.8. The Hall–Kier alpha value is -12.9. The third-order valence-electron chi connectivity index (χ3n) is 16.4. The number of fused-ring (bicyclic) bond motifs is 6. The minimum atomic E-state index is 0.498. The van der Waals surface area contributed by atoms with Gasteiger partial charge < -0.3 is 9.13 Å². The SMILES string of the molecule is N#Cc1ccc(-c2ccc3c(c2)c2cc(-c4ccc(C#N)cc4)ccc2n3-c2ccncc2-c2ccc(-c3nc(-c4ccccc4)nc(-c4ccccc4)n3)cc2-n2c3ccc(-c4ccc(C#N)cc4)cc3c3cc(-c4ccc(C#N)cc4)ccc32)cc1. The van der Waals surface area contributed by atoms with Gasteiger partial charge in [-0.25, -0.2) is 15.0 Å². The minimum Gasteiger partial charge on any atom is -0.309 e. The second-order valence-corrected chi connectivity index (χ2v) is 21.5. The van der Waals surface area contributed by atoms with Crippen molar-refractivity contribution in [3.8, 4) is 125 Å². The highest BCUT2D eigenvalue weighted by Gasteiger charge is 2.24. The van der Waals surface area contributed by atoms with Crippen LogP contribution < -0.4 is 0 Å². The standard InChI is InChI=1S/C78H44N10/c79-44-49-11-19-53(20-12-49)59-28-33-70-65(39-59)66-40-60(54-21-13-50(45-80)14-22-54)29-34-71(66)87(70)74-37-38-83-48-69(74)64-32-27-63(78-85-76(57-7-3-1-4-8-57)84-77(86-78)58-9-5-2-6-10-58)43-75(64)88-72-35-30-61(55-23-15-51(46-81)16-24-55)41-67(72)68-42-62(31-36-73(68)88)56-25-17-52(47-82)18-26-56/h1-43,48H. The van der Waals surface area contributed by atoms with Gasteiger partial charge in [-0.2, -0.15) is 21.0 Å². The molecule has 0 unspecified atom stereocenters. The molecule has 0 radical (unpaired) electrons. The van der Waals surface area contributed by atoms with Crippen LogP contribution in [0.3, 0.4) is 0 Å². The summed E-state index contributed by atoms with van der Waals surface area (Å²) in [5, 5.41) is 42.9. The molecular weight excluding hydrogens is 1080 g/mol. The Morgan fingerprint density at radius 1 is 0.261 bits per heavy atom. The molecule has 10 heteroatoms. The van der Waals surface area contributed by atoms with Crippen molar-refractivity contribution in [3.05, 3.63) is 289 Å². The van der Waals surface area contributed by atoms with Crippen LogP contribution in [0, 0.1) is 45.3 Å². The lowest BCUT2D eigenvalue weighted by molar-refractivity contribution is 1.07. The van der Waals surface area contributed by atoms with Crippen LogP contribution in [0.2, 0.25) is 0 Å². The van der Waals surface area contributed by atoms with Crippen molar-refractivity contribution in [1.29, 1.82) is 21.0 Å². The Labute approximate surface area is 505 Å². The molecule has 15 rings (SSSR count). The lowest BCUT2D eigenvalue weighted by atomic mass is 9.99. The fourth-order valence-corrected chi connectivity index (χ4v) is 12.0. The molecule has 0 aliphatic rings. The molecule has 0 aliphatic carbocycles. The summed E-state index contributed by atoms with van der Waals surface area (Å²) in [6.07, 6.45) is 3.79. The lowest BCUT2D eigenvalue weighted by Crippen LogP contribution is -2.04. The topological polar surface area (TPSA) is 157 Å². The van der Waals surface area contributed by atoms with Crippen LogP contribution in [0.25, 0.3) is 145 Å². The van der Waals surface area contributed by atoms with Gasteiger partial charge in [0.25, 0.3) is 0 Å². The van der Waals surface area contributed by atoms with E-state index in [-0.39, 0.29) is 0 Å². The first-order chi connectivity index (χ1) is 43.4. The van der Waals surface area contributed by atoms with Crippen LogP contribution in [-0.2, 0) is 0 Å². The number of hydrogen-bond acceptors (Lipinski definition) is 8. The summed E-state index contributed by atoms with van der Waals surface area (Å²) < 4.78 is 4.66. The van der Waals surface area contributed by atoms with Gasteiger partial charge in [-0.15, -0.1) is 0 Å². The molecular formula is C78H44N10. The van der Waals surface area contributed by atoms with Crippen molar-refractivity contribution in [1.82, 2.24) is 29.1 Å². The fraction of sp³-hybridized carbons (Fsp3) is 0.